The van der Waals surface area contributed by atoms with Gasteiger partial charge in [0.2, 0.25) is 5.88 Å². The summed E-state index contributed by atoms with van der Waals surface area (Å²) < 4.78 is 6.31. The van der Waals surface area contributed by atoms with Gasteiger partial charge in [0, 0.05) is 36.8 Å². The maximum atomic E-state index is 13.6. The highest BCUT2D eigenvalue weighted by Gasteiger charge is 2.35. The van der Waals surface area contributed by atoms with Gasteiger partial charge in [0.25, 0.3) is 11.8 Å². The molecule has 2 aromatic carbocycles. The van der Waals surface area contributed by atoms with Crippen molar-refractivity contribution in [3.63, 3.8) is 0 Å². The number of likely N-dealkylation sites (N-methyl/N-ethyl adjacent to an activating group) is 1. The minimum Gasteiger partial charge on any atom is -0.472 e. The van der Waals surface area contributed by atoms with E-state index in [1.165, 1.54) is 0 Å². The summed E-state index contributed by atoms with van der Waals surface area (Å²) in [5.74, 6) is -0.357. The third-order valence-electron chi connectivity index (χ3n) is 6.69. The lowest BCUT2D eigenvalue weighted by Crippen LogP contribution is -2.50. The fourth-order valence-electron chi connectivity index (χ4n) is 4.37. The molecule has 0 spiro atoms. The van der Waals surface area contributed by atoms with Gasteiger partial charge in [0.1, 0.15) is 11.7 Å². The van der Waals surface area contributed by atoms with Crippen LogP contribution in [0.25, 0.3) is 11.1 Å². The molecule has 3 atom stereocenters. The highest BCUT2D eigenvalue weighted by Crippen LogP contribution is 2.30. The Bertz CT molecular complexity index is 1300. The SMILES string of the molecule is C[C@H]1CN([C@@H](C)CO)C(=O)c2cc(-c3ccc(C#N)cc3)cnc2O[C@H]1CN(C)C(=O)c1ccccc1. The Morgan fingerprint density at radius 3 is 2.57 bits per heavy atom. The Kier molecular flexibility index (Phi) is 7.85. The molecule has 2 heterocycles. The van der Waals surface area contributed by atoms with Gasteiger partial charge < -0.3 is 19.6 Å². The number of nitrogens with zero attached hydrogens (tertiary/aromatic N) is 4. The van der Waals surface area contributed by atoms with Crippen LogP contribution in [-0.2, 0) is 0 Å². The Morgan fingerprint density at radius 1 is 1.22 bits per heavy atom. The first-order valence-corrected chi connectivity index (χ1v) is 12.2. The number of rotatable bonds is 6. The van der Waals surface area contributed by atoms with Gasteiger partial charge >= 0.3 is 0 Å². The van der Waals surface area contributed by atoms with E-state index in [4.69, 9.17) is 10.00 Å². The van der Waals surface area contributed by atoms with Gasteiger partial charge in [-0.05, 0) is 42.8 Å². The molecule has 1 aliphatic heterocycles. The summed E-state index contributed by atoms with van der Waals surface area (Å²) in [6, 6.07) is 19.5. The standard InChI is InChI=1S/C29H30N4O4/c1-19-16-33(20(2)18-34)29(36)25-13-24(22-11-9-21(14-30)10-12-22)15-31-27(25)37-26(19)17-32(3)28(35)23-7-5-4-6-8-23/h4-13,15,19-20,26,34H,16-18H2,1-3H3/t19-,20-,26-/m0/s1. The minimum atomic E-state index is -0.439. The van der Waals surface area contributed by atoms with Crippen LogP contribution >= 0.6 is 0 Å². The lowest BCUT2D eigenvalue weighted by Gasteiger charge is -2.37. The van der Waals surface area contributed by atoms with E-state index in [-0.39, 0.29) is 35.8 Å². The zero-order valence-electron chi connectivity index (χ0n) is 21.2. The number of pyridine rings is 1. The molecule has 1 N–H and O–H groups in total. The van der Waals surface area contributed by atoms with Crippen molar-refractivity contribution in [3.05, 3.63) is 83.6 Å². The number of hydrogen-bond donors (Lipinski definition) is 1. The fraction of sp³-hybridized carbons (Fsp3) is 0.310. The summed E-state index contributed by atoms with van der Waals surface area (Å²) >= 11 is 0. The summed E-state index contributed by atoms with van der Waals surface area (Å²) in [4.78, 5) is 34.4. The summed E-state index contributed by atoms with van der Waals surface area (Å²) in [5.41, 5.74) is 2.93. The predicted octanol–water partition coefficient (Wildman–Crippen LogP) is 3.61. The molecule has 8 heteroatoms. The summed E-state index contributed by atoms with van der Waals surface area (Å²) in [6.45, 7) is 4.22. The largest absolute Gasteiger partial charge is 0.472 e. The van der Waals surface area contributed by atoms with Crippen LogP contribution < -0.4 is 4.74 Å². The molecule has 4 rings (SSSR count). The van der Waals surface area contributed by atoms with Gasteiger partial charge in [-0.1, -0.05) is 37.3 Å². The normalized spacial score (nSPS) is 18.0. The van der Waals surface area contributed by atoms with E-state index in [0.717, 1.165) is 5.56 Å². The van der Waals surface area contributed by atoms with Crippen LogP contribution in [0.15, 0.2) is 66.9 Å². The zero-order valence-corrected chi connectivity index (χ0v) is 21.2. The van der Waals surface area contributed by atoms with Crippen LogP contribution in [0.1, 0.15) is 40.1 Å². The average molecular weight is 499 g/mol. The molecule has 190 valence electrons. The second-order valence-electron chi connectivity index (χ2n) is 9.44. The molecule has 37 heavy (non-hydrogen) atoms. The first kappa shape index (κ1) is 25.9. The molecular formula is C29H30N4O4. The Labute approximate surface area is 216 Å². The van der Waals surface area contributed by atoms with Gasteiger partial charge in [-0.25, -0.2) is 4.98 Å². The Balaban J connectivity index is 1.68. The molecule has 0 unspecified atom stereocenters. The average Bonchev–Trinajstić information content (AvgIpc) is 2.94. The summed E-state index contributed by atoms with van der Waals surface area (Å²) in [6.07, 6.45) is 1.20. The number of aliphatic hydroxyl groups is 1. The van der Waals surface area contributed by atoms with Gasteiger partial charge in [-0.3, -0.25) is 9.59 Å². The topological polar surface area (TPSA) is 107 Å². The van der Waals surface area contributed by atoms with E-state index < -0.39 is 12.1 Å². The molecule has 0 saturated carbocycles. The van der Waals surface area contributed by atoms with Crippen LogP contribution in [0.5, 0.6) is 5.88 Å². The molecule has 0 saturated heterocycles. The van der Waals surface area contributed by atoms with Gasteiger partial charge in [-0.15, -0.1) is 0 Å². The second-order valence-corrected chi connectivity index (χ2v) is 9.44. The molecule has 0 bridgehead atoms. The Morgan fingerprint density at radius 2 is 1.92 bits per heavy atom. The number of carbonyl (C=O) groups excluding carboxylic acids is 2. The van der Waals surface area contributed by atoms with Crippen LogP contribution in [0.4, 0.5) is 0 Å². The van der Waals surface area contributed by atoms with Crippen molar-refractivity contribution in [1.82, 2.24) is 14.8 Å². The van der Waals surface area contributed by atoms with Gasteiger partial charge in [0.15, 0.2) is 0 Å². The monoisotopic (exact) mass is 498 g/mol. The van der Waals surface area contributed by atoms with Crippen molar-refractivity contribution < 1.29 is 19.4 Å². The maximum absolute atomic E-state index is 13.6. The summed E-state index contributed by atoms with van der Waals surface area (Å²) in [5, 5.41) is 19.0. The van der Waals surface area contributed by atoms with Gasteiger partial charge in [-0.2, -0.15) is 5.26 Å². The van der Waals surface area contributed by atoms with E-state index in [9.17, 15) is 14.7 Å². The number of amides is 2. The van der Waals surface area contributed by atoms with E-state index in [1.807, 2.05) is 25.1 Å². The molecule has 0 fully saturated rings. The number of benzene rings is 2. The van der Waals surface area contributed by atoms with Crippen molar-refractivity contribution in [3.8, 4) is 23.1 Å². The Hall–Kier alpha value is -4.22. The molecule has 0 radical (unpaired) electrons. The highest BCUT2D eigenvalue weighted by molar-refractivity contribution is 5.98. The quantitative estimate of drug-likeness (QED) is 0.556. The van der Waals surface area contributed by atoms with Crippen LogP contribution in [0.3, 0.4) is 0 Å². The van der Waals surface area contributed by atoms with E-state index in [1.54, 1.807) is 72.4 Å². The lowest BCUT2D eigenvalue weighted by atomic mass is 9.98. The van der Waals surface area contributed by atoms with Crippen molar-refractivity contribution >= 4 is 11.8 Å². The van der Waals surface area contributed by atoms with Crippen LogP contribution in [0, 0.1) is 17.2 Å². The molecule has 3 aromatic rings. The highest BCUT2D eigenvalue weighted by atomic mass is 16.5. The van der Waals surface area contributed by atoms with Crippen LogP contribution in [-0.4, -0.2) is 70.6 Å². The van der Waals surface area contributed by atoms with Gasteiger partial charge in [0.05, 0.1) is 30.8 Å². The predicted molar refractivity (Wildman–Crippen MR) is 139 cm³/mol. The zero-order chi connectivity index (χ0) is 26.5. The van der Waals surface area contributed by atoms with Crippen molar-refractivity contribution in [1.29, 1.82) is 5.26 Å². The first-order chi connectivity index (χ1) is 17.8. The molecule has 1 aromatic heterocycles. The number of nitriles is 1. The first-order valence-electron chi connectivity index (χ1n) is 12.2. The van der Waals surface area contributed by atoms with Crippen molar-refractivity contribution in [2.24, 2.45) is 5.92 Å². The number of ether oxygens (including phenoxy) is 1. The third-order valence-corrected chi connectivity index (χ3v) is 6.69. The van der Waals surface area contributed by atoms with E-state index in [2.05, 4.69) is 11.1 Å². The molecule has 0 aliphatic carbocycles. The van der Waals surface area contributed by atoms with E-state index >= 15 is 0 Å². The van der Waals surface area contributed by atoms with Crippen molar-refractivity contribution in [2.45, 2.75) is 26.0 Å². The second kappa shape index (κ2) is 11.2. The number of hydrogen-bond acceptors (Lipinski definition) is 6. The minimum absolute atomic E-state index is 0.125. The number of carbonyl (C=O) groups is 2. The number of fused-ring (bicyclic) bond motifs is 1. The van der Waals surface area contributed by atoms with Crippen molar-refractivity contribution in [2.75, 3.05) is 26.7 Å². The molecule has 2 amide bonds. The smallest absolute Gasteiger partial charge is 0.259 e. The number of aromatic nitrogens is 1. The lowest BCUT2D eigenvalue weighted by molar-refractivity contribution is 0.0313. The third kappa shape index (κ3) is 5.63. The van der Waals surface area contributed by atoms with E-state index in [0.29, 0.717) is 29.8 Å². The van der Waals surface area contributed by atoms with Crippen LogP contribution in [0.2, 0.25) is 0 Å². The molecule has 8 nitrogen and oxygen atoms in total. The molecule has 1 aliphatic rings. The molecular weight excluding hydrogens is 468 g/mol. The summed E-state index contributed by atoms with van der Waals surface area (Å²) in [7, 11) is 1.73. The fourth-order valence-corrected chi connectivity index (χ4v) is 4.37. The number of aliphatic hydroxyl groups excluding tert-OH is 1. The maximum Gasteiger partial charge on any atom is 0.259 e.